The molecule has 6 heteroatoms. The van der Waals surface area contributed by atoms with Crippen LogP contribution in [0.4, 0.5) is 4.39 Å². The van der Waals surface area contributed by atoms with Crippen LogP contribution in [0.2, 0.25) is 0 Å². The van der Waals surface area contributed by atoms with Crippen molar-refractivity contribution in [1.82, 2.24) is 15.1 Å². The fourth-order valence-corrected chi connectivity index (χ4v) is 5.13. The summed E-state index contributed by atoms with van der Waals surface area (Å²) < 4.78 is 13.2. The zero-order valence-corrected chi connectivity index (χ0v) is 19.7. The number of amides is 2. The quantitative estimate of drug-likeness (QED) is 0.550. The molecule has 1 atom stereocenters. The highest BCUT2D eigenvalue weighted by molar-refractivity contribution is 6.01. The van der Waals surface area contributed by atoms with Crippen LogP contribution in [-0.4, -0.2) is 41.2 Å². The van der Waals surface area contributed by atoms with Crippen molar-refractivity contribution in [3.63, 3.8) is 0 Å². The Balaban J connectivity index is 1.20. The summed E-state index contributed by atoms with van der Waals surface area (Å²) >= 11 is 0. The molecule has 1 fully saturated rings. The van der Waals surface area contributed by atoms with Gasteiger partial charge in [-0.25, -0.2) is 4.39 Å². The average Bonchev–Trinajstić information content (AvgIpc) is 3.22. The van der Waals surface area contributed by atoms with Crippen LogP contribution >= 0.6 is 0 Å². The van der Waals surface area contributed by atoms with Crippen molar-refractivity contribution in [3.05, 3.63) is 107 Å². The molecule has 0 saturated carbocycles. The molecule has 3 aromatic rings. The lowest BCUT2D eigenvalue weighted by atomic mass is 9.96. The molecule has 2 heterocycles. The first-order chi connectivity index (χ1) is 17.1. The second-order valence-corrected chi connectivity index (χ2v) is 9.49. The van der Waals surface area contributed by atoms with Gasteiger partial charge in [0.1, 0.15) is 11.9 Å². The van der Waals surface area contributed by atoms with Gasteiger partial charge in [0.2, 0.25) is 5.91 Å². The van der Waals surface area contributed by atoms with Gasteiger partial charge in [-0.05, 0) is 66.7 Å². The van der Waals surface area contributed by atoms with E-state index in [4.69, 9.17) is 0 Å². The van der Waals surface area contributed by atoms with E-state index in [0.717, 1.165) is 49.2 Å². The van der Waals surface area contributed by atoms with E-state index in [1.165, 1.54) is 12.1 Å². The van der Waals surface area contributed by atoms with Crippen molar-refractivity contribution in [3.8, 4) is 0 Å². The number of nitrogens with one attached hydrogen (secondary N) is 1. The molecule has 180 valence electrons. The van der Waals surface area contributed by atoms with Crippen LogP contribution in [0, 0.1) is 11.7 Å². The van der Waals surface area contributed by atoms with Crippen LogP contribution in [0.5, 0.6) is 0 Å². The fraction of sp³-hybridized carbons (Fsp3) is 0.310. The number of fused-ring (bicyclic) bond motifs is 1. The summed E-state index contributed by atoms with van der Waals surface area (Å²) in [5.74, 6) is -0.0485. The molecule has 35 heavy (non-hydrogen) atoms. The number of carbonyl (C=O) groups excluding carboxylic acids is 2. The zero-order chi connectivity index (χ0) is 24.2. The number of halogens is 1. The molecule has 1 N–H and O–H groups in total. The lowest BCUT2D eigenvalue weighted by molar-refractivity contribution is -0.126. The number of nitrogens with zero attached hydrogens (tertiary/aromatic N) is 2. The molecule has 0 spiro atoms. The monoisotopic (exact) mass is 471 g/mol. The number of carbonyl (C=O) groups is 2. The minimum atomic E-state index is -0.658. The maximum absolute atomic E-state index is 13.5. The molecule has 5 nitrogen and oxygen atoms in total. The number of likely N-dealkylation sites (tertiary alicyclic amines) is 1. The summed E-state index contributed by atoms with van der Waals surface area (Å²) in [5.41, 5.74) is 3.56. The average molecular weight is 472 g/mol. The summed E-state index contributed by atoms with van der Waals surface area (Å²) in [6, 6.07) is 23.1. The van der Waals surface area contributed by atoms with Gasteiger partial charge in [0.15, 0.2) is 0 Å². The first-order valence-electron chi connectivity index (χ1n) is 12.3. The Bertz CT molecular complexity index is 1170. The van der Waals surface area contributed by atoms with Gasteiger partial charge in [-0.3, -0.25) is 14.5 Å². The number of benzene rings is 3. The van der Waals surface area contributed by atoms with Crippen LogP contribution in [0.3, 0.4) is 0 Å². The van der Waals surface area contributed by atoms with Crippen LogP contribution in [0.15, 0.2) is 78.9 Å². The topological polar surface area (TPSA) is 52.7 Å². The molecule has 1 saturated heterocycles. The van der Waals surface area contributed by atoms with Crippen LogP contribution in [0.25, 0.3) is 0 Å². The third kappa shape index (κ3) is 5.28. The largest absolute Gasteiger partial charge is 0.354 e. The van der Waals surface area contributed by atoms with Gasteiger partial charge in [-0.2, -0.15) is 0 Å². The molecule has 2 amide bonds. The first kappa shape index (κ1) is 23.2. The Morgan fingerprint density at radius 3 is 2.34 bits per heavy atom. The second kappa shape index (κ2) is 10.4. The first-order valence-corrected chi connectivity index (χ1v) is 12.3. The summed E-state index contributed by atoms with van der Waals surface area (Å²) in [7, 11) is 0. The van der Waals surface area contributed by atoms with Crippen molar-refractivity contribution < 1.29 is 14.0 Å². The molecular weight excluding hydrogens is 441 g/mol. The molecule has 0 radical (unpaired) electrons. The Morgan fingerprint density at radius 2 is 1.63 bits per heavy atom. The van der Waals surface area contributed by atoms with E-state index < -0.39 is 6.04 Å². The van der Waals surface area contributed by atoms with Gasteiger partial charge >= 0.3 is 0 Å². The summed E-state index contributed by atoms with van der Waals surface area (Å²) in [6.07, 6.45) is 1.98. The zero-order valence-electron chi connectivity index (χ0n) is 19.7. The van der Waals surface area contributed by atoms with Crippen molar-refractivity contribution in [1.29, 1.82) is 0 Å². The molecule has 3 aromatic carbocycles. The SMILES string of the molecule is O=C(NCC1CCN(Cc2ccc(F)cc2)CC1)[C@H](c1ccccc1)N1Cc2ccccc2C1=O. The van der Waals surface area contributed by atoms with Gasteiger partial charge < -0.3 is 10.2 Å². The number of piperidine rings is 1. The molecule has 0 unspecified atom stereocenters. The number of hydrogen-bond donors (Lipinski definition) is 1. The molecule has 0 bridgehead atoms. The minimum Gasteiger partial charge on any atom is -0.354 e. The highest BCUT2D eigenvalue weighted by Gasteiger charge is 2.37. The normalized spacial score (nSPS) is 17.3. The van der Waals surface area contributed by atoms with E-state index in [9.17, 15) is 14.0 Å². The maximum Gasteiger partial charge on any atom is 0.255 e. The van der Waals surface area contributed by atoms with Gasteiger partial charge in [-0.15, -0.1) is 0 Å². The predicted octanol–water partition coefficient (Wildman–Crippen LogP) is 4.55. The Labute approximate surface area is 205 Å². The van der Waals surface area contributed by atoms with Crippen LogP contribution in [0.1, 0.15) is 45.9 Å². The highest BCUT2D eigenvalue weighted by atomic mass is 19.1. The highest BCUT2D eigenvalue weighted by Crippen LogP contribution is 2.31. The number of hydrogen-bond acceptors (Lipinski definition) is 3. The molecule has 2 aliphatic rings. The Kier molecular flexibility index (Phi) is 6.91. The van der Waals surface area contributed by atoms with E-state index in [1.807, 2.05) is 66.7 Å². The Hall–Kier alpha value is -3.51. The standard InChI is InChI=1S/C29H30FN3O2/c30-25-12-10-22(11-13-25)19-32-16-14-21(15-17-32)18-31-28(34)27(23-6-2-1-3-7-23)33-20-24-8-4-5-9-26(24)29(33)35/h1-13,21,27H,14-20H2,(H,31,34)/t27-/m0/s1. The lowest BCUT2D eigenvalue weighted by Gasteiger charge is -2.33. The van der Waals surface area contributed by atoms with E-state index in [1.54, 1.807) is 4.90 Å². The van der Waals surface area contributed by atoms with E-state index >= 15 is 0 Å². The molecule has 5 rings (SSSR count). The van der Waals surface area contributed by atoms with Crippen molar-refractivity contribution >= 4 is 11.8 Å². The predicted molar refractivity (Wildman–Crippen MR) is 133 cm³/mol. The lowest BCUT2D eigenvalue weighted by Crippen LogP contribution is -2.44. The maximum atomic E-state index is 13.5. The molecular formula is C29H30FN3O2. The van der Waals surface area contributed by atoms with E-state index in [2.05, 4.69) is 10.2 Å². The minimum absolute atomic E-state index is 0.0984. The molecule has 0 aliphatic carbocycles. The second-order valence-electron chi connectivity index (χ2n) is 9.49. The smallest absolute Gasteiger partial charge is 0.255 e. The van der Waals surface area contributed by atoms with Gasteiger partial charge in [0, 0.05) is 25.2 Å². The molecule has 0 aromatic heterocycles. The van der Waals surface area contributed by atoms with Crippen LogP contribution in [-0.2, 0) is 17.9 Å². The van der Waals surface area contributed by atoms with Gasteiger partial charge in [0.05, 0.1) is 0 Å². The van der Waals surface area contributed by atoms with E-state index in [-0.39, 0.29) is 17.6 Å². The van der Waals surface area contributed by atoms with Gasteiger partial charge in [-0.1, -0.05) is 60.7 Å². The Morgan fingerprint density at radius 1 is 0.943 bits per heavy atom. The number of rotatable bonds is 7. The van der Waals surface area contributed by atoms with Crippen LogP contribution < -0.4 is 5.32 Å². The molecule has 2 aliphatic heterocycles. The van der Waals surface area contributed by atoms with Crippen molar-refractivity contribution in [2.24, 2.45) is 5.92 Å². The third-order valence-electron chi connectivity index (χ3n) is 7.12. The summed E-state index contributed by atoms with van der Waals surface area (Å²) in [6.45, 7) is 3.73. The van der Waals surface area contributed by atoms with Crippen molar-refractivity contribution in [2.45, 2.75) is 32.0 Å². The summed E-state index contributed by atoms with van der Waals surface area (Å²) in [4.78, 5) is 30.7. The van der Waals surface area contributed by atoms with E-state index in [0.29, 0.717) is 24.6 Å². The van der Waals surface area contributed by atoms with Gasteiger partial charge in [0.25, 0.3) is 5.91 Å². The van der Waals surface area contributed by atoms with Crippen molar-refractivity contribution in [2.75, 3.05) is 19.6 Å². The summed E-state index contributed by atoms with van der Waals surface area (Å²) in [5, 5.41) is 3.15. The third-order valence-corrected chi connectivity index (χ3v) is 7.12. The fourth-order valence-electron chi connectivity index (χ4n) is 5.13.